The summed E-state index contributed by atoms with van der Waals surface area (Å²) in [5.41, 5.74) is 1.02. The van der Waals surface area contributed by atoms with E-state index >= 15 is 0 Å². The van der Waals surface area contributed by atoms with E-state index in [9.17, 15) is 4.79 Å². The zero-order valence-electron chi connectivity index (χ0n) is 8.73. The third kappa shape index (κ3) is 2.56. The van der Waals surface area contributed by atoms with Crippen molar-refractivity contribution in [2.45, 2.75) is 19.4 Å². The van der Waals surface area contributed by atoms with E-state index in [1.807, 2.05) is 0 Å². The highest BCUT2D eigenvalue weighted by molar-refractivity contribution is 5.85. The van der Waals surface area contributed by atoms with Gasteiger partial charge in [0.15, 0.2) is 5.69 Å². The van der Waals surface area contributed by atoms with Crippen LogP contribution in [0.1, 0.15) is 29.0 Å². The van der Waals surface area contributed by atoms with Gasteiger partial charge in [0.05, 0.1) is 5.69 Å². The van der Waals surface area contributed by atoms with Crippen LogP contribution in [0.3, 0.4) is 0 Å². The molecule has 0 unspecified atom stereocenters. The van der Waals surface area contributed by atoms with Crippen LogP contribution in [0, 0.1) is 5.92 Å². The Bertz CT molecular complexity index is 369. The van der Waals surface area contributed by atoms with Gasteiger partial charge in [-0.1, -0.05) is 0 Å². The van der Waals surface area contributed by atoms with Crippen LogP contribution in [0.2, 0.25) is 0 Å². The normalized spacial score (nSPS) is 15.5. The summed E-state index contributed by atoms with van der Waals surface area (Å²) in [6, 6.07) is 1.61. The number of nitrogens with one attached hydrogen (secondary N) is 1. The largest absolute Gasteiger partial charge is 0.476 e. The Morgan fingerprint density at radius 2 is 2.47 bits per heavy atom. The van der Waals surface area contributed by atoms with Crippen LogP contribution >= 0.6 is 0 Å². The second-order valence-corrected chi connectivity index (χ2v) is 4.02. The van der Waals surface area contributed by atoms with Crippen molar-refractivity contribution in [1.82, 2.24) is 15.1 Å². The van der Waals surface area contributed by atoms with E-state index in [-0.39, 0.29) is 5.69 Å². The average molecular weight is 209 g/mol. The van der Waals surface area contributed by atoms with Crippen LogP contribution in [0.15, 0.2) is 6.07 Å². The average Bonchev–Trinajstić information content (AvgIpc) is 2.91. The Kier molecular flexibility index (Phi) is 2.73. The van der Waals surface area contributed by atoms with E-state index in [1.165, 1.54) is 12.8 Å². The molecule has 1 saturated carbocycles. The fraction of sp³-hybridized carbons (Fsp3) is 0.600. The molecule has 5 heteroatoms. The van der Waals surface area contributed by atoms with E-state index in [1.54, 1.807) is 17.8 Å². The maximum atomic E-state index is 10.7. The van der Waals surface area contributed by atoms with Crippen molar-refractivity contribution >= 4 is 5.97 Å². The maximum absolute atomic E-state index is 10.7. The summed E-state index contributed by atoms with van der Waals surface area (Å²) in [4.78, 5) is 10.7. The molecule has 1 fully saturated rings. The van der Waals surface area contributed by atoms with E-state index in [2.05, 4.69) is 10.4 Å². The Balaban J connectivity index is 1.91. The summed E-state index contributed by atoms with van der Waals surface area (Å²) in [6.45, 7) is 1.71. The van der Waals surface area contributed by atoms with Crippen molar-refractivity contribution in [3.05, 3.63) is 17.5 Å². The molecule has 0 amide bonds. The van der Waals surface area contributed by atoms with Gasteiger partial charge in [0.2, 0.25) is 0 Å². The topological polar surface area (TPSA) is 67.2 Å². The monoisotopic (exact) mass is 209 g/mol. The van der Waals surface area contributed by atoms with Crippen molar-refractivity contribution in [3.8, 4) is 0 Å². The standard InChI is InChI=1S/C10H15N3O2/c1-13-8(4-9(12-13)10(14)15)6-11-5-7-2-3-7/h4,7,11H,2-3,5-6H2,1H3,(H,14,15). The second-order valence-electron chi connectivity index (χ2n) is 4.02. The Morgan fingerprint density at radius 1 is 1.73 bits per heavy atom. The fourth-order valence-corrected chi connectivity index (χ4v) is 1.50. The quantitative estimate of drug-likeness (QED) is 0.746. The summed E-state index contributed by atoms with van der Waals surface area (Å²) in [5.74, 6) is -0.142. The third-order valence-corrected chi connectivity index (χ3v) is 2.63. The molecule has 1 heterocycles. The van der Waals surface area contributed by atoms with Gasteiger partial charge in [0.25, 0.3) is 0 Å². The van der Waals surface area contributed by atoms with E-state index < -0.39 is 5.97 Å². The van der Waals surface area contributed by atoms with Gasteiger partial charge < -0.3 is 10.4 Å². The number of aromatic carboxylic acids is 1. The van der Waals surface area contributed by atoms with Crippen LogP contribution < -0.4 is 5.32 Å². The minimum atomic E-state index is -0.973. The number of aryl methyl sites for hydroxylation is 1. The first-order chi connectivity index (χ1) is 7.16. The summed E-state index contributed by atoms with van der Waals surface area (Å²) < 4.78 is 1.61. The number of carboxylic acids is 1. The van der Waals surface area contributed by atoms with Gasteiger partial charge in [-0.05, 0) is 31.4 Å². The first-order valence-electron chi connectivity index (χ1n) is 5.13. The fourth-order valence-electron chi connectivity index (χ4n) is 1.50. The zero-order chi connectivity index (χ0) is 10.8. The van der Waals surface area contributed by atoms with Crippen molar-refractivity contribution in [2.24, 2.45) is 13.0 Å². The van der Waals surface area contributed by atoms with E-state index in [0.29, 0.717) is 6.54 Å². The molecule has 1 aromatic rings. The lowest BCUT2D eigenvalue weighted by molar-refractivity contribution is 0.0689. The lowest BCUT2D eigenvalue weighted by Crippen LogP contribution is -2.18. The Hall–Kier alpha value is -1.36. The van der Waals surface area contributed by atoms with Crippen LogP contribution in [0.4, 0.5) is 0 Å². The number of rotatable bonds is 5. The number of aromatic nitrogens is 2. The minimum absolute atomic E-state index is 0.112. The summed E-state index contributed by atoms with van der Waals surface area (Å²) >= 11 is 0. The Labute approximate surface area is 88.1 Å². The van der Waals surface area contributed by atoms with Crippen LogP contribution in [-0.4, -0.2) is 27.4 Å². The first kappa shape index (κ1) is 10.2. The first-order valence-corrected chi connectivity index (χ1v) is 5.13. The Morgan fingerprint density at radius 3 is 3.00 bits per heavy atom. The highest BCUT2D eigenvalue weighted by atomic mass is 16.4. The van der Waals surface area contributed by atoms with Gasteiger partial charge in [-0.25, -0.2) is 4.79 Å². The summed E-state index contributed by atoms with van der Waals surface area (Å²) in [5, 5.41) is 16.0. The number of hydrogen-bond donors (Lipinski definition) is 2. The third-order valence-electron chi connectivity index (χ3n) is 2.63. The highest BCUT2D eigenvalue weighted by Gasteiger charge is 2.20. The molecule has 1 aromatic heterocycles. The maximum Gasteiger partial charge on any atom is 0.356 e. The van der Waals surface area contributed by atoms with Gasteiger partial charge in [0.1, 0.15) is 0 Å². The number of hydrogen-bond acceptors (Lipinski definition) is 3. The molecule has 2 N–H and O–H groups in total. The molecule has 2 rings (SSSR count). The molecular weight excluding hydrogens is 194 g/mol. The van der Waals surface area contributed by atoms with E-state index in [4.69, 9.17) is 5.11 Å². The van der Waals surface area contributed by atoms with Gasteiger partial charge >= 0.3 is 5.97 Å². The lowest BCUT2D eigenvalue weighted by atomic mass is 10.3. The molecule has 0 aromatic carbocycles. The number of nitrogens with zero attached hydrogens (tertiary/aromatic N) is 2. The van der Waals surface area contributed by atoms with Crippen LogP contribution in [-0.2, 0) is 13.6 Å². The van der Waals surface area contributed by atoms with Crippen LogP contribution in [0.25, 0.3) is 0 Å². The van der Waals surface area contributed by atoms with E-state index in [0.717, 1.165) is 18.2 Å². The zero-order valence-corrected chi connectivity index (χ0v) is 8.73. The summed E-state index contributed by atoms with van der Waals surface area (Å²) in [7, 11) is 1.76. The molecule has 82 valence electrons. The van der Waals surface area contributed by atoms with Gasteiger partial charge in [-0.15, -0.1) is 0 Å². The summed E-state index contributed by atoms with van der Waals surface area (Å²) in [6.07, 6.45) is 2.64. The molecule has 0 atom stereocenters. The number of carbonyl (C=O) groups is 1. The molecule has 0 saturated heterocycles. The molecule has 0 bridgehead atoms. The molecule has 1 aliphatic carbocycles. The lowest BCUT2D eigenvalue weighted by Gasteiger charge is -2.02. The van der Waals surface area contributed by atoms with Crippen molar-refractivity contribution in [3.63, 3.8) is 0 Å². The molecular formula is C10H15N3O2. The predicted octanol–water partition coefficient (Wildman–Crippen LogP) is 0.618. The predicted molar refractivity (Wildman–Crippen MR) is 54.6 cm³/mol. The molecule has 0 spiro atoms. The molecule has 1 aliphatic rings. The molecule has 15 heavy (non-hydrogen) atoms. The minimum Gasteiger partial charge on any atom is -0.476 e. The molecule has 5 nitrogen and oxygen atoms in total. The number of carboxylic acid groups (broad SMARTS) is 1. The highest BCUT2D eigenvalue weighted by Crippen LogP contribution is 2.27. The van der Waals surface area contributed by atoms with Crippen LogP contribution in [0.5, 0.6) is 0 Å². The molecule has 0 radical (unpaired) electrons. The van der Waals surface area contributed by atoms with Crippen molar-refractivity contribution in [2.75, 3.05) is 6.54 Å². The van der Waals surface area contributed by atoms with Gasteiger partial charge in [0, 0.05) is 13.6 Å². The SMILES string of the molecule is Cn1nc(C(=O)O)cc1CNCC1CC1. The smallest absolute Gasteiger partial charge is 0.356 e. The van der Waals surface area contributed by atoms with Gasteiger partial charge in [-0.3, -0.25) is 4.68 Å². The van der Waals surface area contributed by atoms with Crippen molar-refractivity contribution < 1.29 is 9.90 Å². The second kappa shape index (κ2) is 4.02. The van der Waals surface area contributed by atoms with Crippen molar-refractivity contribution in [1.29, 1.82) is 0 Å². The van der Waals surface area contributed by atoms with Gasteiger partial charge in [-0.2, -0.15) is 5.10 Å². The molecule has 0 aliphatic heterocycles.